The molecule has 1 aliphatic carbocycles. The number of unbranched alkanes of at least 4 members (excludes halogenated alkanes) is 3. The Morgan fingerprint density at radius 1 is 1.06 bits per heavy atom. The lowest BCUT2D eigenvalue weighted by Crippen LogP contribution is -2.55. The number of piperidine rings is 1. The number of aliphatic hydroxyl groups is 1. The van der Waals surface area contributed by atoms with Crippen molar-refractivity contribution in [2.75, 3.05) is 46.4 Å². The highest BCUT2D eigenvalue weighted by Gasteiger charge is 2.48. The minimum absolute atomic E-state index is 0.00537. The molecule has 2 amide bonds. The van der Waals surface area contributed by atoms with E-state index in [2.05, 4.69) is 56.5 Å². The number of likely N-dealkylation sites (tertiary alicyclic amines) is 1. The number of H-pyrrole nitrogens is 1. The highest BCUT2D eigenvalue weighted by molar-refractivity contribution is 5.88. The van der Waals surface area contributed by atoms with Crippen LogP contribution in [-0.2, 0) is 28.0 Å². The number of nitrogens with one attached hydrogen (secondary N) is 2. The lowest BCUT2D eigenvalue weighted by molar-refractivity contribution is -0.140. The van der Waals surface area contributed by atoms with Gasteiger partial charge in [0.2, 0.25) is 11.8 Å². The second-order valence-corrected chi connectivity index (χ2v) is 14.0. The summed E-state index contributed by atoms with van der Waals surface area (Å²) >= 11 is 0. The van der Waals surface area contributed by atoms with Crippen LogP contribution in [0.2, 0.25) is 0 Å². The Morgan fingerprint density at radius 2 is 1.85 bits per heavy atom. The van der Waals surface area contributed by atoms with E-state index in [0.29, 0.717) is 25.3 Å². The van der Waals surface area contributed by atoms with Crippen LogP contribution in [0.25, 0.3) is 10.9 Å². The van der Waals surface area contributed by atoms with Crippen molar-refractivity contribution >= 4 is 22.7 Å². The van der Waals surface area contributed by atoms with Crippen LogP contribution in [0.4, 0.5) is 0 Å². The largest absolute Gasteiger partial charge is 0.497 e. The Labute approximate surface area is 279 Å². The van der Waals surface area contributed by atoms with Gasteiger partial charge in [0.25, 0.3) is 0 Å². The molecule has 1 unspecified atom stereocenters. The first-order chi connectivity index (χ1) is 22.9. The highest BCUT2D eigenvalue weighted by atomic mass is 16.5. The number of carbonyl (C=O) groups is 2. The molecule has 1 saturated heterocycles. The summed E-state index contributed by atoms with van der Waals surface area (Å²) in [6.45, 7) is 4.49. The van der Waals surface area contributed by atoms with Gasteiger partial charge >= 0.3 is 0 Å². The van der Waals surface area contributed by atoms with Crippen LogP contribution in [0.15, 0.2) is 42.5 Å². The van der Waals surface area contributed by atoms with Crippen molar-refractivity contribution in [2.45, 2.75) is 88.6 Å². The summed E-state index contributed by atoms with van der Waals surface area (Å²) < 4.78 is 5.55. The van der Waals surface area contributed by atoms with Gasteiger partial charge in [0.1, 0.15) is 5.75 Å². The number of nitrogens with zero attached hydrogens (tertiary/aromatic N) is 2. The number of aryl methyl sites for hydroxylation is 1. The minimum atomic E-state index is -0.178. The van der Waals surface area contributed by atoms with E-state index in [1.807, 2.05) is 6.07 Å². The molecule has 9 nitrogen and oxygen atoms in total. The quantitative estimate of drug-likeness (QED) is 0.184. The normalized spacial score (nSPS) is 19.5. The number of hydrogen-bond donors (Lipinski definition) is 4. The van der Waals surface area contributed by atoms with Crippen molar-refractivity contribution in [2.24, 2.45) is 11.7 Å². The van der Waals surface area contributed by atoms with Crippen LogP contribution in [-0.4, -0.2) is 78.1 Å². The molecule has 47 heavy (non-hydrogen) atoms. The van der Waals surface area contributed by atoms with Gasteiger partial charge in [-0.3, -0.25) is 14.5 Å². The molecule has 0 bridgehead atoms. The van der Waals surface area contributed by atoms with Gasteiger partial charge in [0.15, 0.2) is 0 Å². The first-order valence-electron chi connectivity index (χ1n) is 17.8. The fraction of sp³-hybridized carbons (Fsp3) is 0.579. The maximum Gasteiger partial charge on any atom is 0.225 e. The van der Waals surface area contributed by atoms with Crippen LogP contribution in [0.5, 0.6) is 5.75 Å². The Kier molecular flexibility index (Phi) is 10.8. The number of hydrogen-bond acceptors (Lipinski definition) is 6. The molecule has 1 atom stereocenters. The summed E-state index contributed by atoms with van der Waals surface area (Å²) in [6, 6.07) is 14.6. The van der Waals surface area contributed by atoms with Gasteiger partial charge in [-0.1, -0.05) is 43.5 Å². The van der Waals surface area contributed by atoms with Crippen LogP contribution in [0, 0.1) is 5.92 Å². The van der Waals surface area contributed by atoms with Gasteiger partial charge in [0, 0.05) is 73.1 Å². The standard InChI is InChI=1S/C38H53N5O4/c1-47-30-13-14-31-32(23-30)41-36-33(25-44)43(26-38(35(31)36)16-20-42(21-17-38)37(46)29-10-7-11-29)24-28-9-6-8-27(22-28)12-15-34(45)40-19-5-3-2-4-18-39/h6,8-9,13-14,22-23,29,33,41,44H,2-5,7,10-12,15-21,24-26,39H2,1H3,(H,40,45). The number of rotatable bonds is 14. The first-order valence-corrected chi connectivity index (χ1v) is 17.8. The van der Waals surface area contributed by atoms with E-state index in [9.17, 15) is 14.7 Å². The van der Waals surface area contributed by atoms with Crippen LogP contribution in [0.3, 0.4) is 0 Å². The molecule has 254 valence electrons. The number of methoxy groups -OCH3 is 1. The zero-order valence-electron chi connectivity index (χ0n) is 28.1. The molecule has 1 spiro atoms. The third-order valence-corrected chi connectivity index (χ3v) is 11.0. The molecule has 3 heterocycles. The Morgan fingerprint density at radius 3 is 2.57 bits per heavy atom. The fourth-order valence-electron chi connectivity index (χ4n) is 8.07. The predicted molar refractivity (Wildman–Crippen MR) is 185 cm³/mol. The van der Waals surface area contributed by atoms with Gasteiger partial charge < -0.3 is 30.8 Å². The van der Waals surface area contributed by atoms with Crippen LogP contribution in [0.1, 0.15) is 92.6 Å². The zero-order chi connectivity index (χ0) is 32.8. The molecule has 2 aromatic carbocycles. The monoisotopic (exact) mass is 643 g/mol. The van der Waals surface area contributed by atoms with Crippen molar-refractivity contribution in [1.82, 2.24) is 20.1 Å². The van der Waals surface area contributed by atoms with Gasteiger partial charge in [-0.05, 0) is 80.3 Å². The molecule has 5 N–H and O–H groups in total. The molecule has 3 aromatic rings. The number of amides is 2. The van der Waals surface area contributed by atoms with Crippen molar-refractivity contribution in [3.63, 3.8) is 0 Å². The van der Waals surface area contributed by atoms with E-state index in [1.165, 1.54) is 16.5 Å². The summed E-state index contributed by atoms with van der Waals surface area (Å²) in [6.07, 6.45) is 10.4. The number of aromatic nitrogens is 1. The summed E-state index contributed by atoms with van der Waals surface area (Å²) in [7, 11) is 1.69. The molecule has 1 aromatic heterocycles. The number of fused-ring (bicyclic) bond motifs is 4. The van der Waals surface area contributed by atoms with Crippen molar-refractivity contribution < 1.29 is 19.4 Å². The Hall–Kier alpha value is -3.40. The third kappa shape index (κ3) is 7.37. The third-order valence-electron chi connectivity index (χ3n) is 11.0. The number of benzene rings is 2. The van der Waals surface area contributed by atoms with Crippen LogP contribution < -0.4 is 15.8 Å². The SMILES string of the molecule is COc1ccc2c3c([nH]c2c1)C(CO)N(Cc1cccc(CCC(=O)NCCCCCCN)c1)CC31CCN(C(=O)C2CCC2)CC1. The van der Waals surface area contributed by atoms with Crippen molar-refractivity contribution in [3.8, 4) is 5.75 Å². The highest BCUT2D eigenvalue weighted by Crippen LogP contribution is 2.49. The maximum atomic E-state index is 13.2. The number of aliphatic hydroxyl groups excluding tert-OH is 1. The van der Waals surface area contributed by atoms with E-state index in [0.717, 1.165) is 113 Å². The van der Waals surface area contributed by atoms with E-state index < -0.39 is 0 Å². The Balaban J connectivity index is 1.18. The summed E-state index contributed by atoms with van der Waals surface area (Å²) in [5.74, 6) is 1.45. The summed E-state index contributed by atoms with van der Waals surface area (Å²) in [5.41, 5.74) is 11.2. The second kappa shape index (κ2) is 15.2. The van der Waals surface area contributed by atoms with Gasteiger partial charge in [-0.2, -0.15) is 0 Å². The average Bonchev–Trinajstić information content (AvgIpc) is 3.45. The number of carbonyl (C=O) groups excluding carboxylic acids is 2. The van der Waals surface area contributed by atoms with E-state index >= 15 is 0 Å². The minimum Gasteiger partial charge on any atom is -0.497 e. The van der Waals surface area contributed by atoms with Crippen LogP contribution >= 0.6 is 0 Å². The van der Waals surface area contributed by atoms with Crippen molar-refractivity contribution in [1.29, 1.82) is 0 Å². The average molecular weight is 644 g/mol. The van der Waals surface area contributed by atoms with Gasteiger partial charge in [0.05, 0.1) is 19.8 Å². The molecule has 6 rings (SSSR count). The maximum absolute atomic E-state index is 13.2. The van der Waals surface area contributed by atoms with Gasteiger partial charge in [-0.15, -0.1) is 0 Å². The smallest absolute Gasteiger partial charge is 0.225 e. The second-order valence-electron chi connectivity index (χ2n) is 14.0. The van der Waals surface area contributed by atoms with Crippen molar-refractivity contribution in [3.05, 3.63) is 64.8 Å². The molecule has 2 fully saturated rings. The molecule has 1 saturated carbocycles. The molecule has 2 aliphatic heterocycles. The molecule has 9 heteroatoms. The molecule has 0 radical (unpaired) electrons. The van der Waals surface area contributed by atoms with Gasteiger partial charge in [-0.25, -0.2) is 0 Å². The zero-order valence-corrected chi connectivity index (χ0v) is 28.1. The molecule has 3 aliphatic rings. The summed E-state index contributed by atoms with van der Waals surface area (Å²) in [4.78, 5) is 34.0. The molecular formula is C38H53N5O4. The first kappa shape index (κ1) is 33.5. The fourth-order valence-corrected chi connectivity index (χ4v) is 8.07. The van der Waals surface area contributed by atoms with E-state index in [-0.39, 0.29) is 29.9 Å². The van der Waals surface area contributed by atoms with E-state index in [1.54, 1.807) is 7.11 Å². The lowest BCUT2D eigenvalue weighted by atomic mass is 9.68. The van der Waals surface area contributed by atoms with E-state index in [4.69, 9.17) is 10.5 Å². The topological polar surface area (TPSA) is 124 Å². The summed E-state index contributed by atoms with van der Waals surface area (Å²) in [5, 5.41) is 15.1. The molecular weight excluding hydrogens is 590 g/mol. The number of nitrogens with two attached hydrogens (primary N) is 1. The predicted octanol–water partition coefficient (Wildman–Crippen LogP) is 4.95. The number of aromatic amines is 1. The number of ether oxygens (including phenoxy) is 1. The Bertz CT molecular complexity index is 1520. The lowest BCUT2D eigenvalue weighted by Gasteiger charge is -2.51.